The fraction of sp³-hybridized carbons (Fsp3) is 0.393. The quantitative estimate of drug-likeness (QED) is 0.355. The lowest BCUT2D eigenvalue weighted by molar-refractivity contribution is 0.0218. The fourth-order valence-electron chi connectivity index (χ4n) is 4.00. The molecule has 0 bridgehead atoms. The topological polar surface area (TPSA) is 81.2 Å². The second-order valence-corrected chi connectivity index (χ2v) is 10.8. The number of amides is 1. The largest absolute Gasteiger partial charge is 0.462 e. The maximum absolute atomic E-state index is 12.8. The predicted molar refractivity (Wildman–Crippen MR) is 145 cm³/mol. The van der Waals surface area contributed by atoms with Gasteiger partial charge in [0, 0.05) is 31.2 Å². The molecule has 1 aliphatic rings. The minimum absolute atomic E-state index is 0.00281. The zero-order chi connectivity index (χ0) is 26.6. The molecule has 8 nitrogen and oxygen atoms in total. The van der Waals surface area contributed by atoms with E-state index < -0.39 is 11.6 Å². The lowest BCUT2D eigenvalue weighted by Crippen LogP contribution is -2.54. The smallest absolute Gasteiger partial charge is 0.410 e. The maximum Gasteiger partial charge on any atom is 0.410 e. The third-order valence-corrected chi connectivity index (χ3v) is 6.78. The van der Waals surface area contributed by atoms with E-state index in [4.69, 9.17) is 19.2 Å². The van der Waals surface area contributed by atoms with Gasteiger partial charge in [-0.05, 0) is 71.0 Å². The lowest BCUT2D eigenvalue weighted by Gasteiger charge is -2.40. The van der Waals surface area contributed by atoms with Crippen molar-refractivity contribution in [3.05, 3.63) is 59.5 Å². The van der Waals surface area contributed by atoms with E-state index in [2.05, 4.69) is 4.90 Å². The molecule has 3 aromatic rings. The van der Waals surface area contributed by atoms with Crippen LogP contribution in [0.3, 0.4) is 0 Å². The number of piperazine rings is 1. The number of carbonyl (C=O) groups is 2. The van der Waals surface area contributed by atoms with Crippen molar-refractivity contribution in [3.63, 3.8) is 0 Å². The Morgan fingerprint density at radius 1 is 1.03 bits per heavy atom. The predicted octanol–water partition coefficient (Wildman–Crippen LogP) is 6.22. The second-order valence-electron chi connectivity index (χ2n) is 9.80. The first kappa shape index (κ1) is 26.5. The van der Waals surface area contributed by atoms with Crippen LogP contribution in [-0.4, -0.2) is 59.8 Å². The van der Waals surface area contributed by atoms with Crippen LogP contribution in [-0.2, 0) is 9.47 Å². The van der Waals surface area contributed by atoms with Crippen LogP contribution in [0, 0.1) is 0 Å². The molecular weight excluding hydrogens is 490 g/mol. The van der Waals surface area contributed by atoms with Crippen molar-refractivity contribution < 1.29 is 23.8 Å². The van der Waals surface area contributed by atoms with Crippen molar-refractivity contribution in [2.45, 2.75) is 46.3 Å². The number of esters is 1. The number of hydrogen-bond donors (Lipinski definition) is 0. The standard InChI is InChI=1S/C28H33N3O5S/c1-6-34-25(32)24-23(20-12-14-22(15-13-20)35-21-10-8-7-9-11-21)29-26(37-24)31-17-16-30(18-19(31)2)27(33)36-28(3,4)5/h7-15,19H,6,16-18H2,1-5H3. The zero-order valence-corrected chi connectivity index (χ0v) is 22.7. The number of benzene rings is 2. The van der Waals surface area contributed by atoms with Crippen LogP contribution in [0.5, 0.6) is 11.5 Å². The van der Waals surface area contributed by atoms with E-state index >= 15 is 0 Å². The summed E-state index contributed by atoms with van der Waals surface area (Å²) in [5.41, 5.74) is 0.829. The van der Waals surface area contributed by atoms with Crippen LogP contribution < -0.4 is 9.64 Å². The van der Waals surface area contributed by atoms with Gasteiger partial charge in [-0.2, -0.15) is 0 Å². The van der Waals surface area contributed by atoms with Gasteiger partial charge >= 0.3 is 12.1 Å². The molecule has 4 rings (SSSR count). The number of hydrogen-bond acceptors (Lipinski definition) is 8. The molecule has 1 unspecified atom stereocenters. The molecule has 37 heavy (non-hydrogen) atoms. The van der Waals surface area contributed by atoms with Crippen molar-refractivity contribution in [3.8, 4) is 22.8 Å². The van der Waals surface area contributed by atoms with E-state index in [0.29, 0.717) is 36.0 Å². The summed E-state index contributed by atoms with van der Waals surface area (Å²) in [6, 6.07) is 17.1. The number of ether oxygens (including phenoxy) is 3. The maximum atomic E-state index is 12.8. The molecule has 0 saturated carbocycles. The number of nitrogens with zero attached hydrogens (tertiary/aromatic N) is 3. The average Bonchev–Trinajstić information content (AvgIpc) is 3.29. The minimum Gasteiger partial charge on any atom is -0.462 e. The molecule has 1 aromatic heterocycles. The average molecular weight is 524 g/mol. The molecule has 0 aliphatic carbocycles. The third-order valence-electron chi connectivity index (χ3n) is 5.71. The van der Waals surface area contributed by atoms with Gasteiger partial charge in [0.15, 0.2) is 5.13 Å². The first-order chi connectivity index (χ1) is 17.6. The monoisotopic (exact) mass is 523 g/mol. The number of aromatic nitrogens is 1. The highest BCUT2D eigenvalue weighted by Gasteiger charge is 2.32. The Morgan fingerprint density at radius 2 is 1.70 bits per heavy atom. The Hall–Kier alpha value is -3.59. The van der Waals surface area contributed by atoms with Crippen molar-refractivity contribution >= 4 is 28.5 Å². The molecule has 1 atom stereocenters. The Bertz CT molecular complexity index is 1220. The van der Waals surface area contributed by atoms with Crippen LogP contribution in [0.2, 0.25) is 0 Å². The van der Waals surface area contributed by atoms with Gasteiger partial charge in [-0.25, -0.2) is 14.6 Å². The van der Waals surface area contributed by atoms with Crippen LogP contribution in [0.25, 0.3) is 11.3 Å². The molecule has 2 aromatic carbocycles. The van der Waals surface area contributed by atoms with Gasteiger partial charge in [-0.3, -0.25) is 0 Å². The number of thiazole rings is 1. The third kappa shape index (κ3) is 6.60. The molecule has 9 heteroatoms. The summed E-state index contributed by atoms with van der Waals surface area (Å²) in [5, 5.41) is 0.721. The second kappa shape index (κ2) is 11.2. The fourth-order valence-corrected chi connectivity index (χ4v) is 5.11. The summed E-state index contributed by atoms with van der Waals surface area (Å²) in [7, 11) is 0. The van der Waals surface area contributed by atoms with Crippen molar-refractivity contribution in [1.29, 1.82) is 0 Å². The Balaban J connectivity index is 1.55. The van der Waals surface area contributed by atoms with Crippen molar-refractivity contribution in [1.82, 2.24) is 9.88 Å². The highest BCUT2D eigenvalue weighted by molar-refractivity contribution is 7.18. The number of para-hydroxylation sites is 1. The number of anilines is 1. The summed E-state index contributed by atoms with van der Waals surface area (Å²) >= 11 is 1.31. The van der Waals surface area contributed by atoms with E-state index in [1.165, 1.54) is 11.3 Å². The molecule has 1 aliphatic heterocycles. The first-order valence-corrected chi connectivity index (χ1v) is 13.2. The van der Waals surface area contributed by atoms with E-state index in [-0.39, 0.29) is 18.7 Å². The highest BCUT2D eigenvalue weighted by atomic mass is 32.1. The first-order valence-electron chi connectivity index (χ1n) is 12.4. The van der Waals surface area contributed by atoms with Gasteiger partial charge in [-0.1, -0.05) is 29.5 Å². The van der Waals surface area contributed by atoms with Crippen LogP contribution in [0.15, 0.2) is 54.6 Å². The van der Waals surface area contributed by atoms with Crippen molar-refractivity contribution in [2.24, 2.45) is 0 Å². The Morgan fingerprint density at radius 3 is 2.32 bits per heavy atom. The van der Waals surface area contributed by atoms with E-state index in [1.54, 1.807) is 11.8 Å². The van der Waals surface area contributed by atoms with E-state index in [0.717, 1.165) is 16.4 Å². The molecule has 1 saturated heterocycles. The van der Waals surface area contributed by atoms with Gasteiger partial charge in [0.05, 0.1) is 12.3 Å². The molecule has 1 amide bonds. The Kier molecular flexibility index (Phi) is 8.02. The number of carbonyl (C=O) groups excluding carboxylic acids is 2. The summed E-state index contributed by atoms with van der Waals surface area (Å²) in [4.78, 5) is 34.6. The van der Waals surface area contributed by atoms with Gasteiger partial charge in [-0.15, -0.1) is 0 Å². The van der Waals surface area contributed by atoms with Crippen molar-refractivity contribution in [2.75, 3.05) is 31.1 Å². The molecule has 196 valence electrons. The summed E-state index contributed by atoms with van der Waals surface area (Å²) in [5.74, 6) is 1.04. The highest BCUT2D eigenvalue weighted by Crippen LogP contribution is 2.36. The molecular formula is C28H33N3O5S. The minimum atomic E-state index is -0.544. The Labute approximate surface area is 221 Å². The lowest BCUT2D eigenvalue weighted by atomic mass is 10.1. The van der Waals surface area contributed by atoms with Gasteiger partial charge in [0.1, 0.15) is 22.0 Å². The van der Waals surface area contributed by atoms with E-state index in [9.17, 15) is 9.59 Å². The van der Waals surface area contributed by atoms with Crippen LogP contribution in [0.4, 0.5) is 9.93 Å². The molecule has 0 radical (unpaired) electrons. The van der Waals surface area contributed by atoms with Crippen LogP contribution >= 0.6 is 11.3 Å². The van der Waals surface area contributed by atoms with Gasteiger partial charge < -0.3 is 24.0 Å². The van der Waals surface area contributed by atoms with Gasteiger partial charge in [0.25, 0.3) is 0 Å². The van der Waals surface area contributed by atoms with Crippen LogP contribution in [0.1, 0.15) is 44.3 Å². The van der Waals surface area contributed by atoms with Gasteiger partial charge in [0.2, 0.25) is 0 Å². The SMILES string of the molecule is CCOC(=O)c1sc(N2CCN(C(=O)OC(C)(C)C)CC2C)nc1-c1ccc(Oc2ccccc2)cc1. The molecule has 1 fully saturated rings. The normalized spacial score (nSPS) is 15.9. The molecule has 0 N–H and O–H groups in total. The zero-order valence-electron chi connectivity index (χ0n) is 21.9. The molecule has 0 spiro atoms. The summed E-state index contributed by atoms with van der Waals surface area (Å²) < 4.78 is 16.8. The number of rotatable bonds is 6. The summed E-state index contributed by atoms with van der Waals surface area (Å²) in [6.07, 6.45) is -0.316. The van der Waals surface area contributed by atoms with E-state index in [1.807, 2.05) is 82.3 Å². The molecule has 2 heterocycles. The summed E-state index contributed by atoms with van der Waals surface area (Å²) in [6.45, 7) is 11.3.